The molecule has 196 valence electrons. The van der Waals surface area contributed by atoms with Gasteiger partial charge in [-0.2, -0.15) is 0 Å². The molecule has 36 heavy (non-hydrogen) atoms. The van der Waals surface area contributed by atoms with Crippen molar-refractivity contribution in [3.05, 3.63) is 47.5 Å². The normalized spacial score (nSPS) is 19.8. The van der Waals surface area contributed by atoms with Gasteiger partial charge in [-0.05, 0) is 75.9 Å². The number of hydrogen-bond acceptors (Lipinski definition) is 7. The van der Waals surface area contributed by atoms with Gasteiger partial charge in [0.05, 0.1) is 12.3 Å². The number of nitrogens with two attached hydrogens (primary N) is 1. The number of carbonyl (C=O) groups excluding carboxylic acids is 1. The monoisotopic (exact) mass is 516 g/mol. The third kappa shape index (κ3) is 5.13. The molecule has 0 radical (unpaired) electrons. The fourth-order valence-corrected chi connectivity index (χ4v) is 7.45. The minimum atomic E-state index is -3.84. The molecule has 0 spiro atoms. The SMILES string of the molecule is Cc1cc(C2CCN(S(=O)(=O)C3(C(N)=O)CCN(C)CC3)CC2)ccc1-c1cccc(OCCO)n1. The summed E-state index contributed by atoms with van der Waals surface area (Å²) >= 11 is 0. The maximum Gasteiger partial charge on any atom is 0.240 e. The lowest BCUT2D eigenvalue weighted by Gasteiger charge is -2.42. The highest BCUT2D eigenvalue weighted by molar-refractivity contribution is 7.91. The summed E-state index contributed by atoms with van der Waals surface area (Å²) in [6.07, 6.45) is 1.86. The first kappa shape index (κ1) is 26.5. The number of carbonyl (C=O) groups is 1. The lowest BCUT2D eigenvalue weighted by atomic mass is 9.88. The molecule has 9 nitrogen and oxygen atoms in total. The predicted molar refractivity (Wildman–Crippen MR) is 138 cm³/mol. The minimum absolute atomic E-state index is 0.0688. The molecule has 0 aliphatic carbocycles. The summed E-state index contributed by atoms with van der Waals surface area (Å²) in [5.41, 5.74) is 9.73. The fourth-order valence-electron chi connectivity index (χ4n) is 5.31. The van der Waals surface area contributed by atoms with E-state index in [0.717, 1.165) is 16.8 Å². The van der Waals surface area contributed by atoms with E-state index >= 15 is 0 Å². The Labute approximate surface area is 213 Å². The van der Waals surface area contributed by atoms with Crippen LogP contribution in [-0.4, -0.2) is 84.8 Å². The van der Waals surface area contributed by atoms with Crippen LogP contribution in [0.4, 0.5) is 0 Å². The lowest BCUT2D eigenvalue weighted by Crippen LogP contribution is -2.61. The lowest BCUT2D eigenvalue weighted by molar-refractivity contribution is -0.121. The maximum absolute atomic E-state index is 13.6. The molecular formula is C26H36N4O5S. The number of nitrogens with zero attached hydrogens (tertiary/aromatic N) is 3. The molecule has 4 rings (SSSR count). The molecule has 1 aromatic heterocycles. The zero-order chi connectivity index (χ0) is 25.9. The van der Waals surface area contributed by atoms with Gasteiger partial charge in [-0.25, -0.2) is 17.7 Å². The second-order valence-electron chi connectivity index (χ2n) is 9.85. The van der Waals surface area contributed by atoms with Crippen LogP contribution in [0.3, 0.4) is 0 Å². The molecule has 1 aromatic carbocycles. The second kappa shape index (κ2) is 10.8. The summed E-state index contributed by atoms with van der Waals surface area (Å²) < 4.78 is 32.6. The number of aliphatic hydroxyl groups excluding tert-OH is 1. The van der Waals surface area contributed by atoms with Gasteiger partial charge in [0.15, 0.2) is 4.75 Å². The Balaban J connectivity index is 1.46. The number of hydrogen-bond donors (Lipinski definition) is 2. The Morgan fingerprint density at radius 3 is 2.47 bits per heavy atom. The van der Waals surface area contributed by atoms with Crippen LogP contribution >= 0.6 is 0 Å². The highest BCUT2D eigenvalue weighted by atomic mass is 32.2. The van der Waals surface area contributed by atoms with Crippen LogP contribution in [0, 0.1) is 6.92 Å². The molecular weight excluding hydrogens is 480 g/mol. The molecule has 1 amide bonds. The number of ether oxygens (including phenoxy) is 1. The number of amides is 1. The fraction of sp³-hybridized carbons (Fsp3) is 0.538. The van der Waals surface area contributed by atoms with Crippen molar-refractivity contribution in [2.45, 2.75) is 43.3 Å². The van der Waals surface area contributed by atoms with E-state index in [2.05, 4.69) is 17.1 Å². The van der Waals surface area contributed by atoms with E-state index in [1.165, 1.54) is 9.87 Å². The topological polar surface area (TPSA) is 126 Å². The molecule has 2 fully saturated rings. The van der Waals surface area contributed by atoms with Crippen molar-refractivity contribution in [1.29, 1.82) is 0 Å². The van der Waals surface area contributed by atoms with E-state index in [9.17, 15) is 13.2 Å². The molecule has 0 unspecified atom stereocenters. The van der Waals surface area contributed by atoms with E-state index in [4.69, 9.17) is 15.6 Å². The van der Waals surface area contributed by atoms with E-state index in [0.29, 0.717) is 44.9 Å². The first-order valence-corrected chi connectivity index (χ1v) is 13.9. The van der Waals surface area contributed by atoms with Crippen molar-refractivity contribution < 1.29 is 23.1 Å². The van der Waals surface area contributed by atoms with Crippen molar-refractivity contribution >= 4 is 15.9 Å². The average Bonchev–Trinajstić information content (AvgIpc) is 2.88. The van der Waals surface area contributed by atoms with Gasteiger partial charge < -0.3 is 20.5 Å². The molecule has 0 atom stereocenters. The van der Waals surface area contributed by atoms with Crippen LogP contribution in [0.1, 0.15) is 42.7 Å². The summed E-state index contributed by atoms with van der Waals surface area (Å²) in [7, 11) is -1.92. The van der Waals surface area contributed by atoms with Gasteiger partial charge in [0.1, 0.15) is 6.61 Å². The summed E-state index contributed by atoms with van der Waals surface area (Å²) in [6.45, 7) is 4.00. The van der Waals surface area contributed by atoms with Gasteiger partial charge in [-0.15, -0.1) is 0 Å². The van der Waals surface area contributed by atoms with E-state index in [1.807, 2.05) is 37.1 Å². The summed E-state index contributed by atoms with van der Waals surface area (Å²) in [6, 6.07) is 11.8. The Hall–Kier alpha value is -2.53. The predicted octanol–water partition coefficient (Wildman–Crippen LogP) is 1.89. The number of primary amides is 1. The van der Waals surface area contributed by atoms with Crippen LogP contribution < -0.4 is 10.5 Å². The van der Waals surface area contributed by atoms with Crippen LogP contribution in [-0.2, 0) is 14.8 Å². The molecule has 2 saturated heterocycles. The van der Waals surface area contributed by atoms with Crippen molar-refractivity contribution in [2.24, 2.45) is 5.73 Å². The molecule has 0 bridgehead atoms. The number of aliphatic hydroxyl groups is 1. The molecule has 3 N–H and O–H groups in total. The molecule has 2 aromatic rings. The maximum atomic E-state index is 13.6. The second-order valence-corrected chi connectivity index (χ2v) is 12.1. The van der Waals surface area contributed by atoms with Crippen LogP contribution in [0.15, 0.2) is 36.4 Å². The van der Waals surface area contributed by atoms with Crippen molar-refractivity contribution in [1.82, 2.24) is 14.2 Å². The molecule has 2 aliphatic heterocycles. The first-order chi connectivity index (χ1) is 17.2. The van der Waals surface area contributed by atoms with E-state index < -0.39 is 20.7 Å². The zero-order valence-electron chi connectivity index (χ0n) is 21.0. The molecule has 2 aliphatic rings. The Kier molecular flexibility index (Phi) is 7.99. The van der Waals surface area contributed by atoms with Gasteiger partial charge in [0.25, 0.3) is 0 Å². The number of aromatic nitrogens is 1. The van der Waals surface area contributed by atoms with E-state index in [1.54, 1.807) is 6.07 Å². The first-order valence-electron chi connectivity index (χ1n) is 12.5. The van der Waals surface area contributed by atoms with Gasteiger partial charge in [0.2, 0.25) is 21.8 Å². The number of sulfonamides is 1. The quantitative estimate of drug-likeness (QED) is 0.549. The van der Waals surface area contributed by atoms with Crippen LogP contribution in [0.2, 0.25) is 0 Å². The van der Waals surface area contributed by atoms with Gasteiger partial charge >= 0.3 is 0 Å². The molecule has 0 saturated carbocycles. The Bertz CT molecular complexity index is 1190. The highest BCUT2D eigenvalue weighted by Gasteiger charge is 2.53. The number of rotatable bonds is 8. The minimum Gasteiger partial charge on any atom is -0.475 e. The standard InChI is InChI=1S/C26H36N4O5S/c1-19-18-21(6-7-22(19)23-4-3-5-24(28-23)35-17-16-31)20-8-12-30(13-9-20)36(33,34)26(25(27)32)10-14-29(2)15-11-26/h3-7,18,20,31H,8-17H2,1-2H3,(H2,27,32). The highest BCUT2D eigenvalue weighted by Crippen LogP contribution is 2.37. The molecule has 3 heterocycles. The van der Waals surface area contributed by atoms with Gasteiger partial charge in [-0.1, -0.05) is 24.3 Å². The zero-order valence-corrected chi connectivity index (χ0v) is 21.8. The smallest absolute Gasteiger partial charge is 0.240 e. The van der Waals surface area contributed by atoms with Gasteiger partial charge in [-0.3, -0.25) is 4.79 Å². The number of piperidine rings is 2. The Morgan fingerprint density at radius 1 is 1.17 bits per heavy atom. The van der Waals surface area contributed by atoms with Crippen LogP contribution in [0.25, 0.3) is 11.3 Å². The summed E-state index contributed by atoms with van der Waals surface area (Å²) in [5.74, 6) is -0.0290. The third-order valence-electron chi connectivity index (χ3n) is 7.59. The Morgan fingerprint density at radius 2 is 1.86 bits per heavy atom. The van der Waals surface area contributed by atoms with Crippen molar-refractivity contribution in [2.75, 3.05) is 46.4 Å². The summed E-state index contributed by atoms with van der Waals surface area (Å²) in [4.78, 5) is 19.0. The van der Waals surface area contributed by atoms with Crippen molar-refractivity contribution in [3.8, 4) is 17.1 Å². The third-order valence-corrected chi connectivity index (χ3v) is 10.2. The number of aryl methyl sites for hydroxylation is 1. The van der Waals surface area contributed by atoms with E-state index in [-0.39, 0.29) is 32.0 Å². The number of pyridine rings is 1. The molecule has 10 heteroatoms. The van der Waals surface area contributed by atoms with Crippen molar-refractivity contribution in [3.63, 3.8) is 0 Å². The largest absolute Gasteiger partial charge is 0.475 e. The number of likely N-dealkylation sites (tertiary alicyclic amines) is 1. The summed E-state index contributed by atoms with van der Waals surface area (Å²) in [5, 5.41) is 8.97. The average molecular weight is 517 g/mol. The number of benzene rings is 1. The van der Waals surface area contributed by atoms with Crippen LogP contribution in [0.5, 0.6) is 5.88 Å². The van der Waals surface area contributed by atoms with Gasteiger partial charge in [0, 0.05) is 24.7 Å².